The first-order chi connectivity index (χ1) is 16.5. The maximum absolute atomic E-state index is 11.6. The molecule has 1 amide bonds. The van der Waals surface area contributed by atoms with E-state index in [9.17, 15) is 4.79 Å². The molecule has 3 aromatic rings. The number of ether oxygens (including phenoxy) is 1. The van der Waals surface area contributed by atoms with Gasteiger partial charge < -0.3 is 25.3 Å². The molecule has 0 bridgehead atoms. The lowest BCUT2D eigenvalue weighted by atomic mass is 9.98. The lowest BCUT2D eigenvalue weighted by Gasteiger charge is -2.31. The Hall–Kier alpha value is -3.40. The number of aromatic amines is 1. The first-order valence-corrected chi connectivity index (χ1v) is 11.8. The number of carbonyl (C=O) groups excluding carboxylic acids is 1. The summed E-state index contributed by atoms with van der Waals surface area (Å²) in [6.07, 6.45) is 3.44. The summed E-state index contributed by atoms with van der Waals surface area (Å²) in [6.45, 7) is 6.07. The van der Waals surface area contributed by atoms with E-state index in [0.29, 0.717) is 47.1 Å². The van der Waals surface area contributed by atoms with Crippen LogP contribution in [0.15, 0.2) is 29.5 Å². The fourth-order valence-electron chi connectivity index (χ4n) is 4.30. The van der Waals surface area contributed by atoms with E-state index in [2.05, 4.69) is 25.6 Å². The van der Waals surface area contributed by atoms with Gasteiger partial charge in [0.25, 0.3) is 0 Å². The molecule has 178 valence electrons. The van der Waals surface area contributed by atoms with Crippen LogP contribution in [-0.4, -0.2) is 62.9 Å². The number of nitrogens with zero attached hydrogens (tertiary/aromatic N) is 5. The molecule has 0 aliphatic carbocycles. The molecule has 3 N–H and O–H groups in total. The number of likely N-dealkylation sites (tertiary alicyclic amines) is 1. The average Bonchev–Trinajstić information content (AvgIpc) is 3.33. The van der Waals surface area contributed by atoms with Gasteiger partial charge in [0.1, 0.15) is 12.4 Å². The molecule has 0 spiro atoms. The van der Waals surface area contributed by atoms with E-state index in [1.165, 1.54) is 0 Å². The Balaban J connectivity index is 1.36. The largest absolute Gasteiger partial charge is 0.477 e. The van der Waals surface area contributed by atoms with Gasteiger partial charge >= 0.3 is 0 Å². The Morgan fingerprint density at radius 1 is 1.32 bits per heavy atom. The standard InChI is InChI=1S/C23H27ClN8O2/c1-13(29-22-19-21(26-11-25-19)27-12-28-22)20-30-17-5-3-4-16(24)18(17)23(31-20)34-10-15-6-8-32(9-7-15)14(2)33/h3-5,11,13,15,27H,6-10,12H2,1-2H3,(H,25,26)(H,28,29). The van der Waals surface area contributed by atoms with Crippen molar-refractivity contribution in [2.75, 3.05) is 31.7 Å². The van der Waals surface area contributed by atoms with E-state index < -0.39 is 0 Å². The predicted octanol–water partition coefficient (Wildman–Crippen LogP) is 3.12. The van der Waals surface area contributed by atoms with Gasteiger partial charge in [0.15, 0.2) is 17.5 Å². The maximum Gasteiger partial charge on any atom is 0.226 e. The second kappa shape index (κ2) is 9.46. The third-order valence-electron chi connectivity index (χ3n) is 6.27. The van der Waals surface area contributed by atoms with Crippen LogP contribution in [0.1, 0.15) is 44.2 Å². The molecule has 1 atom stereocenters. The molecule has 34 heavy (non-hydrogen) atoms. The van der Waals surface area contributed by atoms with E-state index >= 15 is 0 Å². The number of piperidine rings is 1. The molecule has 10 nitrogen and oxygen atoms in total. The molecule has 1 aromatic carbocycles. The second-order valence-electron chi connectivity index (χ2n) is 8.62. The Morgan fingerprint density at radius 2 is 2.15 bits per heavy atom. The topological polar surface area (TPSA) is 120 Å². The number of rotatable bonds is 5. The molecule has 11 heteroatoms. The van der Waals surface area contributed by atoms with Crippen LogP contribution in [0.5, 0.6) is 5.88 Å². The number of halogens is 1. The highest BCUT2D eigenvalue weighted by atomic mass is 35.5. The highest BCUT2D eigenvalue weighted by molar-refractivity contribution is 6.35. The van der Waals surface area contributed by atoms with Gasteiger partial charge in [0.2, 0.25) is 11.8 Å². The first kappa shape index (κ1) is 22.4. The van der Waals surface area contributed by atoms with Gasteiger partial charge in [-0.05, 0) is 37.8 Å². The molecule has 1 fully saturated rings. The summed E-state index contributed by atoms with van der Waals surface area (Å²) in [6, 6.07) is 5.36. The minimum Gasteiger partial charge on any atom is -0.477 e. The highest BCUT2D eigenvalue weighted by Gasteiger charge is 2.24. The van der Waals surface area contributed by atoms with Gasteiger partial charge in [0, 0.05) is 20.0 Å². The fraction of sp³-hybridized carbons (Fsp3) is 0.435. The van der Waals surface area contributed by atoms with E-state index in [0.717, 1.165) is 43.0 Å². The predicted molar refractivity (Wildman–Crippen MR) is 130 cm³/mol. The number of nitrogens with one attached hydrogen (secondary N) is 3. The van der Waals surface area contributed by atoms with Crippen LogP contribution in [0.25, 0.3) is 10.9 Å². The lowest BCUT2D eigenvalue weighted by Crippen LogP contribution is -2.38. The van der Waals surface area contributed by atoms with Gasteiger partial charge in [-0.2, -0.15) is 4.98 Å². The summed E-state index contributed by atoms with van der Waals surface area (Å²) in [4.78, 5) is 34.9. The van der Waals surface area contributed by atoms with Crippen molar-refractivity contribution < 1.29 is 9.53 Å². The minimum atomic E-state index is -0.238. The summed E-state index contributed by atoms with van der Waals surface area (Å²) in [5.41, 5.74) is 1.53. The van der Waals surface area contributed by atoms with Crippen molar-refractivity contribution in [3.63, 3.8) is 0 Å². The molecular weight excluding hydrogens is 456 g/mol. The number of hydrogen-bond acceptors (Lipinski definition) is 8. The van der Waals surface area contributed by atoms with Crippen LogP contribution >= 0.6 is 11.6 Å². The van der Waals surface area contributed by atoms with Crippen molar-refractivity contribution in [2.45, 2.75) is 32.7 Å². The molecule has 1 unspecified atom stereocenters. The third-order valence-corrected chi connectivity index (χ3v) is 6.59. The summed E-state index contributed by atoms with van der Waals surface area (Å²) in [5.74, 6) is 3.00. The van der Waals surface area contributed by atoms with Gasteiger partial charge in [-0.15, -0.1) is 0 Å². The zero-order chi connectivity index (χ0) is 23.7. The number of anilines is 1. The van der Waals surface area contributed by atoms with E-state index in [-0.39, 0.29) is 11.9 Å². The molecule has 0 radical (unpaired) electrons. The van der Waals surface area contributed by atoms with Crippen LogP contribution in [0.3, 0.4) is 0 Å². The summed E-state index contributed by atoms with van der Waals surface area (Å²) < 4.78 is 6.24. The average molecular weight is 483 g/mol. The Labute approximate surface area is 202 Å². The Kier molecular flexibility index (Phi) is 6.23. The molecule has 0 saturated carbocycles. The molecule has 1 saturated heterocycles. The first-order valence-electron chi connectivity index (χ1n) is 11.4. The minimum absolute atomic E-state index is 0.125. The molecule has 2 aliphatic heterocycles. The van der Waals surface area contributed by atoms with E-state index in [1.807, 2.05) is 30.0 Å². The number of fused-ring (bicyclic) bond motifs is 2. The van der Waals surface area contributed by atoms with Crippen LogP contribution in [-0.2, 0) is 4.79 Å². The molecule has 4 heterocycles. The smallest absolute Gasteiger partial charge is 0.226 e. The Bertz CT molecular complexity index is 1230. The number of hydrogen-bond donors (Lipinski definition) is 3. The monoisotopic (exact) mass is 482 g/mol. The maximum atomic E-state index is 11.6. The number of amides is 1. The summed E-state index contributed by atoms with van der Waals surface area (Å²) in [5, 5.41) is 7.77. The second-order valence-corrected chi connectivity index (χ2v) is 9.02. The van der Waals surface area contributed by atoms with Crippen molar-refractivity contribution in [1.29, 1.82) is 0 Å². The highest BCUT2D eigenvalue weighted by Crippen LogP contribution is 2.32. The zero-order valence-electron chi connectivity index (χ0n) is 19.1. The van der Waals surface area contributed by atoms with Crippen molar-refractivity contribution in [3.05, 3.63) is 41.1 Å². The van der Waals surface area contributed by atoms with Crippen LogP contribution in [0, 0.1) is 5.92 Å². The Morgan fingerprint density at radius 3 is 2.94 bits per heavy atom. The fourth-order valence-corrected chi connectivity index (χ4v) is 4.55. The number of H-pyrrole nitrogens is 1. The van der Waals surface area contributed by atoms with E-state index in [1.54, 1.807) is 13.3 Å². The van der Waals surface area contributed by atoms with Gasteiger partial charge in [0.05, 0.1) is 34.9 Å². The molecule has 5 rings (SSSR count). The SMILES string of the molecule is CC(=O)N1CCC(COc2nc(C(C)NC3=NCNc4nc[nH]c43)nc3cccc(Cl)c23)CC1. The quantitative estimate of drug-likeness (QED) is 0.511. The van der Waals surface area contributed by atoms with Crippen molar-refractivity contribution in [1.82, 2.24) is 30.2 Å². The number of aliphatic imine (C=N–C) groups is 1. The lowest BCUT2D eigenvalue weighted by molar-refractivity contribution is -0.130. The van der Waals surface area contributed by atoms with E-state index in [4.69, 9.17) is 26.3 Å². The van der Waals surface area contributed by atoms with Gasteiger partial charge in [-0.3, -0.25) is 4.79 Å². The van der Waals surface area contributed by atoms with Crippen molar-refractivity contribution in [3.8, 4) is 5.88 Å². The molecule has 2 aliphatic rings. The number of carbonyl (C=O) groups is 1. The number of imidazole rings is 1. The van der Waals surface area contributed by atoms with Crippen molar-refractivity contribution in [2.24, 2.45) is 10.9 Å². The number of benzene rings is 1. The van der Waals surface area contributed by atoms with Crippen LogP contribution in [0.4, 0.5) is 5.82 Å². The normalized spacial score (nSPS) is 17.0. The van der Waals surface area contributed by atoms with Crippen LogP contribution < -0.4 is 15.4 Å². The number of aromatic nitrogens is 4. The van der Waals surface area contributed by atoms with Crippen LogP contribution in [0.2, 0.25) is 5.02 Å². The zero-order valence-corrected chi connectivity index (χ0v) is 19.9. The molecule has 2 aromatic heterocycles. The summed E-state index contributed by atoms with van der Waals surface area (Å²) in [7, 11) is 0. The third kappa shape index (κ3) is 4.50. The van der Waals surface area contributed by atoms with Gasteiger partial charge in [-0.1, -0.05) is 17.7 Å². The van der Waals surface area contributed by atoms with Crippen molar-refractivity contribution >= 4 is 40.1 Å². The van der Waals surface area contributed by atoms with Gasteiger partial charge in [-0.25, -0.2) is 15.0 Å². The number of amidine groups is 1. The summed E-state index contributed by atoms with van der Waals surface area (Å²) >= 11 is 6.51. The molecular formula is C23H27ClN8O2.